The van der Waals surface area contributed by atoms with Crippen molar-refractivity contribution in [3.05, 3.63) is 75.8 Å². The summed E-state index contributed by atoms with van der Waals surface area (Å²) in [6.07, 6.45) is 2.49. The fraction of sp³-hybridized carbons (Fsp3) is 0.238. The Hall–Kier alpha value is -2.23. The van der Waals surface area contributed by atoms with Gasteiger partial charge in [0.15, 0.2) is 0 Å². The highest BCUT2D eigenvalue weighted by atomic mass is 35.5. The van der Waals surface area contributed by atoms with Crippen LogP contribution < -0.4 is 10.6 Å². The minimum absolute atomic E-state index is 0. The number of pyridine rings is 1. The summed E-state index contributed by atoms with van der Waals surface area (Å²) in [4.78, 5) is 28.9. The second-order valence-corrected chi connectivity index (χ2v) is 7.65. The number of benzene rings is 1. The van der Waals surface area contributed by atoms with Crippen LogP contribution in [0.4, 0.5) is 0 Å². The van der Waals surface area contributed by atoms with Gasteiger partial charge in [0.05, 0.1) is 34.8 Å². The van der Waals surface area contributed by atoms with Crippen LogP contribution in [0, 0.1) is 6.92 Å². The molecule has 0 radical (unpaired) electrons. The van der Waals surface area contributed by atoms with Gasteiger partial charge < -0.3 is 15.6 Å². The van der Waals surface area contributed by atoms with Crippen LogP contribution in [0.25, 0.3) is 11.0 Å². The van der Waals surface area contributed by atoms with Crippen molar-refractivity contribution in [3.8, 4) is 0 Å². The molecule has 3 N–H and O–H groups in total. The summed E-state index contributed by atoms with van der Waals surface area (Å²) in [6.45, 7) is 3.81. The minimum atomic E-state index is -0.173. The zero-order valence-electron chi connectivity index (χ0n) is 17.3. The van der Waals surface area contributed by atoms with Crippen LogP contribution in [0.2, 0.25) is 0 Å². The molecule has 11 heteroatoms. The van der Waals surface area contributed by atoms with E-state index in [2.05, 4.69) is 30.6 Å². The largest absolute Gasteiger partial charge is 0.345 e. The number of fused-ring (bicyclic) bond motifs is 1. The van der Waals surface area contributed by atoms with Gasteiger partial charge in [0.1, 0.15) is 11.5 Å². The van der Waals surface area contributed by atoms with Crippen molar-refractivity contribution < 1.29 is 4.79 Å². The van der Waals surface area contributed by atoms with E-state index >= 15 is 0 Å². The van der Waals surface area contributed by atoms with Crippen LogP contribution in [0.1, 0.15) is 32.6 Å². The van der Waals surface area contributed by atoms with E-state index in [1.54, 1.807) is 11.6 Å². The highest BCUT2D eigenvalue weighted by molar-refractivity contribution is 7.09. The topological polar surface area (TPSA) is 95.6 Å². The molecule has 0 saturated carbocycles. The number of imidazole rings is 1. The number of aromatic amines is 1. The summed E-state index contributed by atoms with van der Waals surface area (Å²) in [5.41, 5.74) is 4.39. The third kappa shape index (κ3) is 7.15. The number of H-pyrrole nitrogens is 1. The van der Waals surface area contributed by atoms with Gasteiger partial charge in [-0.25, -0.2) is 9.97 Å². The number of carbonyl (C=O) groups is 1. The van der Waals surface area contributed by atoms with Gasteiger partial charge in [-0.05, 0) is 30.7 Å². The molecular formula is C21H25Cl3N6OS. The molecule has 0 atom stereocenters. The second kappa shape index (κ2) is 13.3. The van der Waals surface area contributed by atoms with Gasteiger partial charge in [-0.15, -0.1) is 48.6 Å². The molecule has 0 spiro atoms. The van der Waals surface area contributed by atoms with Crippen molar-refractivity contribution in [2.75, 3.05) is 6.54 Å². The minimum Gasteiger partial charge on any atom is -0.345 e. The fourth-order valence-electron chi connectivity index (χ4n) is 2.98. The normalized spacial score (nSPS) is 10.0. The first kappa shape index (κ1) is 27.8. The van der Waals surface area contributed by atoms with Gasteiger partial charge in [0.25, 0.3) is 5.91 Å². The number of carbonyl (C=O) groups excluding carboxylic acids is 1. The monoisotopic (exact) mass is 514 g/mol. The number of para-hydroxylation sites is 2. The Morgan fingerprint density at radius 3 is 2.66 bits per heavy atom. The maximum absolute atomic E-state index is 12.3. The van der Waals surface area contributed by atoms with Crippen LogP contribution in [0.3, 0.4) is 0 Å². The highest BCUT2D eigenvalue weighted by Gasteiger charge is 2.11. The molecule has 4 aromatic rings. The SMILES string of the molecule is Cc1cccnc1CNC(=O)c1csc(CCNCc2nc3ccccc3[nH]2)n1.Cl.Cl.Cl. The lowest BCUT2D eigenvalue weighted by Crippen LogP contribution is -2.24. The molecule has 7 nitrogen and oxygen atoms in total. The molecule has 3 heterocycles. The lowest BCUT2D eigenvalue weighted by molar-refractivity contribution is 0.0946. The molecule has 32 heavy (non-hydrogen) atoms. The quantitative estimate of drug-likeness (QED) is 0.305. The Morgan fingerprint density at radius 1 is 1.06 bits per heavy atom. The van der Waals surface area contributed by atoms with E-state index in [4.69, 9.17) is 0 Å². The number of rotatable bonds is 8. The van der Waals surface area contributed by atoms with Crippen molar-refractivity contribution >= 4 is 65.5 Å². The molecule has 1 amide bonds. The van der Waals surface area contributed by atoms with E-state index in [9.17, 15) is 4.79 Å². The Kier molecular flexibility index (Phi) is 11.6. The third-order valence-electron chi connectivity index (χ3n) is 4.57. The molecule has 0 bridgehead atoms. The van der Waals surface area contributed by atoms with E-state index in [0.29, 0.717) is 18.8 Å². The van der Waals surface area contributed by atoms with Crippen molar-refractivity contribution in [1.29, 1.82) is 0 Å². The summed E-state index contributed by atoms with van der Waals surface area (Å²) < 4.78 is 0. The molecule has 1 aromatic carbocycles. The van der Waals surface area contributed by atoms with E-state index < -0.39 is 0 Å². The summed E-state index contributed by atoms with van der Waals surface area (Å²) in [7, 11) is 0. The molecule has 0 unspecified atom stereocenters. The molecule has 0 aliphatic rings. The van der Waals surface area contributed by atoms with Gasteiger partial charge in [-0.3, -0.25) is 9.78 Å². The zero-order valence-corrected chi connectivity index (χ0v) is 20.6. The summed E-state index contributed by atoms with van der Waals surface area (Å²) in [5, 5.41) is 8.98. The number of hydrogen-bond donors (Lipinski definition) is 3. The maximum atomic E-state index is 12.3. The first-order valence-electron chi connectivity index (χ1n) is 9.46. The molecule has 172 valence electrons. The Bertz CT molecular complexity index is 1100. The standard InChI is InChI=1S/C21H22N6OS.3ClH/c1-14-5-4-9-23-17(14)11-24-21(28)18-13-29-20(27-18)8-10-22-12-19-25-15-6-2-3-7-16(15)26-19;;;/h2-7,9,13,22H,8,10-12H2,1H3,(H,24,28)(H,25,26);3*1H. The van der Waals surface area contributed by atoms with E-state index in [1.165, 1.54) is 11.3 Å². The van der Waals surface area contributed by atoms with Crippen molar-refractivity contribution in [2.24, 2.45) is 0 Å². The number of nitrogens with zero attached hydrogens (tertiary/aromatic N) is 3. The van der Waals surface area contributed by atoms with Gasteiger partial charge >= 0.3 is 0 Å². The highest BCUT2D eigenvalue weighted by Crippen LogP contribution is 2.12. The number of aryl methyl sites for hydroxylation is 1. The molecule has 0 aliphatic carbocycles. The average Bonchev–Trinajstić information content (AvgIpc) is 3.37. The number of halogens is 3. The fourth-order valence-corrected chi connectivity index (χ4v) is 3.76. The van der Waals surface area contributed by atoms with E-state index in [1.807, 2.05) is 43.3 Å². The first-order valence-corrected chi connectivity index (χ1v) is 10.3. The van der Waals surface area contributed by atoms with Gasteiger partial charge in [0.2, 0.25) is 0 Å². The van der Waals surface area contributed by atoms with Crippen LogP contribution >= 0.6 is 48.6 Å². The van der Waals surface area contributed by atoms with Crippen LogP contribution in [-0.4, -0.2) is 32.4 Å². The predicted molar refractivity (Wildman–Crippen MR) is 136 cm³/mol. The number of aromatic nitrogens is 4. The lowest BCUT2D eigenvalue weighted by atomic mass is 10.2. The van der Waals surface area contributed by atoms with Gasteiger partial charge in [-0.1, -0.05) is 18.2 Å². The van der Waals surface area contributed by atoms with Crippen molar-refractivity contribution in [2.45, 2.75) is 26.4 Å². The number of thiazole rings is 1. The molecule has 3 aromatic heterocycles. The molecule has 0 saturated heterocycles. The van der Waals surface area contributed by atoms with E-state index in [-0.39, 0.29) is 43.1 Å². The predicted octanol–water partition coefficient (Wildman–Crippen LogP) is 4.25. The van der Waals surface area contributed by atoms with Crippen molar-refractivity contribution in [3.63, 3.8) is 0 Å². The third-order valence-corrected chi connectivity index (χ3v) is 5.47. The smallest absolute Gasteiger partial charge is 0.271 e. The Morgan fingerprint density at radius 2 is 1.88 bits per heavy atom. The number of nitrogens with one attached hydrogen (secondary N) is 3. The van der Waals surface area contributed by atoms with Crippen LogP contribution in [0.15, 0.2) is 48.0 Å². The van der Waals surface area contributed by atoms with E-state index in [0.717, 1.165) is 46.1 Å². The maximum Gasteiger partial charge on any atom is 0.271 e. The zero-order chi connectivity index (χ0) is 20.1. The van der Waals surface area contributed by atoms with Gasteiger partial charge in [0, 0.05) is 24.5 Å². The Balaban J connectivity index is 0.00000171. The second-order valence-electron chi connectivity index (χ2n) is 6.70. The van der Waals surface area contributed by atoms with Crippen LogP contribution in [0.5, 0.6) is 0 Å². The summed E-state index contributed by atoms with van der Waals surface area (Å²) >= 11 is 1.50. The average molecular weight is 516 g/mol. The first-order chi connectivity index (χ1) is 14.2. The van der Waals surface area contributed by atoms with Crippen molar-refractivity contribution in [1.82, 2.24) is 30.6 Å². The number of amides is 1. The molecule has 0 aliphatic heterocycles. The summed E-state index contributed by atoms with van der Waals surface area (Å²) in [6, 6.07) is 11.8. The van der Waals surface area contributed by atoms with Crippen LogP contribution in [-0.2, 0) is 19.5 Å². The molecule has 0 fully saturated rings. The molecular weight excluding hydrogens is 491 g/mol. The molecule has 4 rings (SSSR count). The van der Waals surface area contributed by atoms with Gasteiger partial charge in [-0.2, -0.15) is 0 Å². The lowest BCUT2D eigenvalue weighted by Gasteiger charge is -2.05. The summed E-state index contributed by atoms with van der Waals surface area (Å²) in [5.74, 6) is 0.739. The Labute approximate surface area is 209 Å². The number of hydrogen-bond acceptors (Lipinski definition) is 6.